The van der Waals surface area contributed by atoms with Crippen LogP contribution in [0.15, 0.2) is 36.4 Å². The van der Waals surface area contributed by atoms with Gasteiger partial charge >= 0.3 is 0 Å². The second-order valence-electron chi connectivity index (χ2n) is 2.97. The first kappa shape index (κ1) is 7.29. The van der Waals surface area contributed by atoms with Gasteiger partial charge in [0.1, 0.15) is 5.82 Å². The van der Waals surface area contributed by atoms with Crippen LogP contribution in [-0.2, 0) is 0 Å². The van der Waals surface area contributed by atoms with E-state index in [-0.39, 0.29) is 5.82 Å². The van der Waals surface area contributed by atoms with Gasteiger partial charge in [0, 0.05) is 5.39 Å². The molecular formula is C11H9F. The third-order valence-corrected chi connectivity index (χ3v) is 1.96. The fourth-order valence-corrected chi connectivity index (χ4v) is 1.40. The smallest absolute Gasteiger partial charge is 0.131 e. The molecule has 0 nitrogen and oxygen atoms in total. The van der Waals surface area contributed by atoms with Crippen molar-refractivity contribution in [1.29, 1.82) is 0 Å². The maximum absolute atomic E-state index is 13.2. The van der Waals surface area contributed by atoms with Gasteiger partial charge in [-0.15, -0.1) is 0 Å². The van der Waals surface area contributed by atoms with Gasteiger partial charge in [0.15, 0.2) is 0 Å². The van der Waals surface area contributed by atoms with Gasteiger partial charge in [0.2, 0.25) is 0 Å². The molecule has 1 heteroatoms. The summed E-state index contributed by atoms with van der Waals surface area (Å²) in [7, 11) is 0. The topological polar surface area (TPSA) is 0 Å². The van der Waals surface area contributed by atoms with Crippen molar-refractivity contribution in [3.8, 4) is 0 Å². The Morgan fingerprint density at radius 1 is 1.08 bits per heavy atom. The van der Waals surface area contributed by atoms with Crippen molar-refractivity contribution in [2.75, 3.05) is 0 Å². The molecule has 0 amide bonds. The lowest BCUT2D eigenvalue weighted by atomic mass is 10.1. The molecule has 0 aliphatic carbocycles. The minimum absolute atomic E-state index is 0.134. The van der Waals surface area contributed by atoms with Crippen molar-refractivity contribution in [3.63, 3.8) is 0 Å². The van der Waals surface area contributed by atoms with Gasteiger partial charge in [-0.25, -0.2) is 4.39 Å². The van der Waals surface area contributed by atoms with Gasteiger partial charge in [-0.3, -0.25) is 0 Å². The maximum atomic E-state index is 13.2. The molecule has 0 heterocycles. The predicted molar refractivity (Wildman–Crippen MR) is 48.6 cm³/mol. The number of fused-ring (bicyclic) bond motifs is 1. The first-order chi connectivity index (χ1) is 5.77. The third-order valence-electron chi connectivity index (χ3n) is 1.96. The van der Waals surface area contributed by atoms with Crippen molar-refractivity contribution in [2.45, 2.75) is 6.92 Å². The molecular weight excluding hydrogens is 151 g/mol. The van der Waals surface area contributed by atoms with Crippen LogP contribution in [0.2, 0.25) is 0 Å². The highest BCUT2D eigenvalue weighted by Gasteiger charge is 1.99. The lowest BCUT2D eigenvalue weighted by Gasteiger charge is -1.99. The van der Waals surface area contributed by atoms with E-state index in [1.807, 2.05) is 31.2 Å². The molecule has 0 N–H and O–H groups in total. The van der Waals surface area contributed by atoms with Crippen LogP contribution in [0.25, 0.3) is 10.8 Å². The Hall–Kier alpha value is -1.37. The van der Waals surface area contributed by atoms with Gasteiger partial charge in [-0.1, -0.05) is 30.3 Å². The summed E-state index contributed by atoms with van der Waals surface area (Å²) in [5.74, 6) is -0.134. The average molecular weight is 160 g/mol. The Bertz CT molecular complexity index is 418. The average Bonchev–Trinajstić information content (AvgIpc) is 2.04. The molecule has 0 saturated heterocycles. The molecule has 0 saturated carbocycles. The summed E-state index contributed by atoms with van der Waals surface area (Å²) >= 11 is 0. The molecule has 0 fully saturated rings. The van der Waals surface area contributed by atoms with Crippen molar-refractivity contribution in [1.82, 2.24) is 0 Å². The second kappa shape index (κ2) is 2.59. The zero-order chi connectivity index (χ0) is 8.55. The van der Waals surface area contributed by atoms with Crippen molar-refractivity contribution >= 4 is 10.8 Å². The van der Waals surface area contributed by atoms with Crippen molar-refractivity contribution < 1.29 is 4.39 Å². The minimum atomic E-state index is -0.134. The number of rotatable bonds is 0. The van der Waals surface area contributed by atoms with Crippen molar-refractivity contribution in [3.05, 3.63) is 47.8 Å². The van der Waals surface area contributed by atoms with Crippen molar-refractivity contribution in [2.24, 2.45) is 0 Å². The predicted octanol–water partition coefficient (Wildman–Crippen LogP) is 3.29. The molecule has 2 rings (SSSR count). The molecule has 2 aromatic carbocycles. The Morgan fingerprint density at radius 3 is 2.67 bits per heavy atom. The zero-order valence-corrected chi connectivity index (χ0v) is 6.84. The van der Waals surface area contributed by atoms with Gasteiger partial charge in [0.25, 0.3) is 0 Å². The second-order valence-corrected chi connectivity index (χ2v) is 2.97. The summed E-state index contributed by atoms with van der Waals surface area (Å²) in [6, 6.07) is 11.0. The third kappa shape index (κ3) is 1.07. The molecule has 0 unspecified atom stereocenters. The van der Waals surface area contributed by atoms with Gasteiger partial charge < -0.3 is 0 Å². The van der Waals surface area contributed by atoms with Gasteiger partial charge in [-0.05, 0) is 23.9 Å². The highest BCUT2D eigenvalue weighted by atomic mass is 19.1. The highest BCUT2D eigenvalue weighted by Crippen LogP contribution is 2.18. The SMILES string of the molecule is Cc1cc(F)c2ccccc2c1. The summed E-state index contributed by atoms with van der Waals surface area (Å²) < 4.78 is 13.2. The number of hydrogen-bond acceptors (Lipinski definition) is 0. The monoisotopic (exact) mass is 160 g/mol. The van der Waals surface area contributed by atoms with E-state index in [9.17, 15) is 4.39 Å². The van der Waals surface area contributed by atoms with Gasteiger partial charge in [0.05, 0.1) is 0 Å². The lowest BCUT2D eigenvalue weighted by molar-refractivity contribution is 0.639. The summed E-state index contributed by atoms with van der Waals surface area (Å²) in [6.45, 7) is 1.90. The Morgan fingerprint density at radius 2 is 1.83 bits per heavy atom. The molecule has 60 valence electrons. The normalized spacial score (nSPS) is 10.5. The summed E-state index contributed by atoms with van der Waals surface area (Å²) in [6.07, 6.45) is 0. The largest absolute Gasteiger partial charge is 0.206 e. The Labute approximate surface area is 70.6 Å². The van der Waals surface area contributed by atoms with E-state index in [2.05, 4.69) is 0 Å². The van der Waals surface area contributed by atoms with E-state index < -0.39 is 0 Å². The highest BCUT2D eigenvalue weighted by molar-refractivity contribution is 5.83. The van der Waals surface area contributed by atoms with E-state index in [0.29, 0.717) is 5.39 Å². The minimum Gasteiger partial charge on any atom is -0.206 e. The molecule has 12 heavy (non-hydrogen) atoms. The van der Waals surface area contributed by atoms with Gasteiger partial charge in [-0.2, -0.15) is 0 Å². The zero-order valence-electron chi connectivity index (χ0n) is 6.84. The lowest BCUT2D eigenvalue weighted by Crippen LogP contribution is -1.81. The summed E-state index contributed by atoms with van der Waals surface area (Å²) in [4.78, 5) is 0. The molecule has 0 atom stereocenters. The number of hydrogen-bond donors (Lipinski definition) is 0. The molecule has 2 aromatic rings. The number of aryl methyl sites for hydroxylation is 1. The molecule has 0 aliphatic heterocycles. The van der Waals surface area contributed by atoms with Crippen LogP contribution in [0.5, 0.6) is 0 Å². The number of halogens is 1. The Kier molecular flexibility index (Phi) is 1.58. The van der Waals surface area contributed by atoms with Crippen LogP contribution in [0, 0.1) is 12.7 Å². The fraction of sp³-hybridized carbons (Fsp3) is 0.0909. The molecule has 0 spiro atoms. The Balaban J connectivity index is 2.89. The van der Waals surface area contributed by atoms with E-state index in [1.54, 1.807) is 12.1 Å². The van der Waals surface area contributed by atoms with E-state index in [0.717, 1.165) is 10.9 Å². The van der Waals surface area contributed by atoms with Crippen LogP contribution < -0.4 is 0 Å². The van der Waals surface area contributed by atoms with Crippen LogP contribution in [0.1, 0.15) is 5.56 Å². The first-order valence-corrected chi connectivity index (χ1v) is 3.92. The fourth-order valence-electron chi connectivity index (χ4n) is 1.40. The van der Waals surface area contributed by atoms with Crippen LogP contribution in [0.3, 0.4) is 0 Å². The maximum Gasteiger partial charge on any atom is 0.131 e. The first-order valence-electron chi connectivity index (χ1n) is 3.92. The van der Waals surface area contributed by atoms with Crippen LogP contribution in [-0.4, -0.2) is 0 Å². The summed E-state index contributed by atoms with van der Waals surface area (Å²) in [5, 5.41) is 1.66. The van der Waals surface area contributed by atoms with Crippen LogP contribution >= 0.6 is 0 Å². The van der Waals surface area contributed by atoms with Crippen LogP contribution in [0.4, 0.5) is 4.39 Å². The standard InChI is InChI=1S/C11H9F/c1-8-6-9-4-2-3-5-10(9)11(12)7-8/h2-7H,1H3. The molecule has 0 bridgehead atoms. The summed E-state index contributed by atoms with van der Waals surface area (Å²) in [5.41, 5.74) is 0.964. The molecule has 0 aromatic heterocycles. The van der Waals surface area contributed by atoms with E-state index in [4.69, 9.17) is 0 Å². The molecule has 0 aliphatic rings. The number of benzene rings is 2. The quantitative estimate of drug-likeness (QED) is 0.554. The van der Waals surface area contributed by atoms with E-state index in [1.165, 1.54) is 0 Å². The molecule has 0 radical (unpaired) electrons. The van der Waals surface area contributed by atoms with E-state index >= 15 is 0 Å².